The molecule has 9 heteroatoms. The number of anilines is 1. The van der Waals surface area contributed by atoms with Crippen molar-refractivity contribution in [2.75, 3.05) is 37.7 Å². The van der Waals surface area contributed by atoms with Gasteiger partial charge in [-0.05, 0) is 68.7 Å². The lowest BCUT2D eigenvalue weighted by Gasteiger charge is -2.32. The van der Waals surface area contributed by atoms with Gasteiger partial charge in [0.2, 0.25) is 5.95 Å². The zero-order valence-electron chi connectivity index (χ0n) is 19.4. The molecule has 1 unspecified atom stereocenters. The second kappa shape index (κ2) is 12.2. The first-order chi connectivity index (χ1) is 15.9. The first kappa shape index (κ1) is 25.2. The molecule has 1 aliphatic heterocycles. The van der Waals surface area contributed by atoms with Crippen LogP contribution in [0.2, 0.25) is 5.02 Å². The minimum Gasteiger partial charge on any atom is -0.494 e. The Labute approximate surface area is 200 Å². The molecule has 8 nitrogen and oxygen atoms in total. The van der Waals surface area contributed by atoms with Crippen LogP contribution in [-0.4, -0.2) is 59.9 Å². The van der Waals surface area contributed by atoms with E-state index in [2.05, 4.69) is 20.2 Å². The molecule has 0 saturated carbocycles. The molecule has 4 N–H and O–H groups in total. The summed E-state index contributed by atoms with van der Waals surface area (Å²) in [5.74, 6) is 1.99. The molecule has 2 heterocycles. The number of aromatic nitrogens is 2. The van der Waals surface area contributed by atoms with Gasteiger partial charge in [-0.3, -0.25) is 4.79 Å². The molecule has 1 fully saturated rings. The molecule has 33 heavy (non-hydrogen) atoms. The van der Waals surface area contributed by atoms with Gasteiger partial charge in [0.25, 0.3) is 5.91 Å². The van der Waals surface area contributed by atoms with Crippen LogP contribution in [0.4, 0.5) is 5.95 Å². The number of carbonyl (C=O) groups excluding carboxylic acids is 1. The first-order valence-corrected chi connectivity index (χ1v) is 11.9. The fourth-order valence-electron chi connectivity index (χ4n) is 4.20. The summed E-state index contributed by atoms with van der Waals surface area (Å²) in [5, 5.41) is 12.8. The third kappa shape index (κ3) is 7.28. The quantitative estimate of drug-likeness (QED) is 0.453. The van der Waals surface area contributed by atoms with Crippen LogP contribution in [-0.2, 0) is 0 Å². The molecular formula is C24H34ClN5O3. The van der Waals surface area contributed by atoms with E-state index in [4.69, 9.17) is 22.1 Å². The number of benzene rings is 1. The van der Waals surface area contributed by atoms with Gasteiger partial charge in [0.1, 0.15) is 5.75 Å². The van der Waals surface area contributed by atoms with Crippen LogP contribution < -0.4 is 20.7 Å². The van der Waals surface area contributed by atoms with Crippen LogP contribution in [0.3, 0.4) is 0 Å². The van der Waals surface area contributed by atoms with Crippen molar-refractivity contribution in [2.45, 2.75) is 45.6 Å². The van der Waals surface area contributed by atoms with Crippen LogP contribution in [0, 0.1) is 19.8 Å². The monoisotopic (exact) mass is 475 g/mol. The molecule has 1 aliphatic rings. The van der Waals surface area contributed by atoms with Gasteiger partial charge in [-0.2, -0.15) is 0 Å². The summed E-state index contributed by atoms with van der Waals surface area (Å²) in [6, 6.07) is 3.79. The van der Waals surface area contributed by atoms with Crippen molar-refractivity contribution < 1.29 is 14.6 Å². The van der Waals surface area contributed by atoms with Crippen molar-refractivity contribution in [3.63, 3.8) is 0 Å². The number of amides is 1. The largest absolute Gasteiger partial charge is 0.494 e. The SMILES string of the molecule is Cc1cc(OCCCC2CCN(c3ncc(Cl)cn3)CC2)cc(C)c1C(=O)NCC(O)CN. The predicted octanol–water partition coefficient (Wildman–Crippen LogP) is 2.87. The highest BCUT2D eigenvalue weighted by atomic mass is 35.5. The third-order valence-corrected chi connectivity index (χ3v) is 6.23. The summed E-state index contributed by atoms with van der Waals surface area (Å²) < 4.78 is 5.98. The Kier molecular flexibility index (Phi) is 9.29. The third-order valence-electron chi connectivity index (χ3n) is 6.03. The molecule has 3 rings (SSSR count). The van der Waals surface area contributed by atoms with Crippen LogP contribution in [0.5, 0.6) is 5.75 Å². The Morgan fingerprint density at radius 1 is 1.27 bits per heavy atom. The van der Waals surface area contributed by atoms with Gasteiger partial charge in [-0.1, -0.05) is 11.6 Å². The number of nitrogens with two attached hydrogens (primary N) is 1. The number of halogens is 1. The average Bonchev–Trinajstić information content (AvgIpc) is 2.81. The summed E-state index contributed by atoms with van der Waals surface area (Å²) in [6.07, 6.45) is 6.88. The van der Waals surface area contributed by atoms with Crippen molar-refractivity contribution >= 4 is 23.5 Å². The molecule has 180 valence electrons. The van der Waals surface area contributed by atoms with Crippen molar-refractivity contribution in [3.8, 4) is 5.75 Å². The summed E-state index contributed by atoms with van der Waals surface area (Å²) in [4.78, 5) is 23.3. The zero-order chi connectivity index (χ0) is 23.8. The highest BCUT2D eigenvalue weighted by Crippen LogP contribution is 2.26. The molecule has 2 aromatic rings. The number of hydrogen-bond donors (Lipinski definition) is 3. The summed E-state index contributed by atoms with van der Waals surface area (Å²) in [7, 11) is 0. The lowest BCUT2D eigenvalue weighted by atomic mass is 9.92. The van der Waals surface area contributed by atoms with E-state index in [1.807, 2.05) is 26.0 Å². The lowest BCUT2D eigenvalue weighted by Crippen LogP contribution is -2.36. The van der Waals surface area contributed by atoms with E-state index < -0.39 is 6.10 Å². The fourth-order valence-corrected chi connectivity index (χ4v) is 4.30. The highest BCUT2D eigenvalue weighted by molar-refractivity contribution is 6.30. The maximum atomic E-state index is 12.5. The second-order valence-corrected chi connectivity index (χ2v) is 9.09. The van der Waals surface area contributed by atoms with Crippen molar-refractivity contribution in [1.29, 1.82) is 0 Å². The number of aliphatic hydroxyl groups excluding tert-OH is 1. The van der Waals surface area contributed by atoms with Crippen LogP contribution in [0.25, 0.3) is 0 Å². The molecule has 0 aliphatic carbocycles. The number of piperidine rings is 1. The average molecular weight is 476 g/mol. The molecule has 1 aromatic carbocycles. The maximum absolute atomic E-state index is 12.5. The number of nitrogens with zero attached hydrogens (tertiary/aromatic N) is 3. The molecular weight excluding hydrogens is 442 g/mol. The Morgan fingerprint density at radius 2 is 1.91 bits per heavy atom. The number of ether oxygens (including phenoxy) is 1. The number of carbonyl (C=O) groups is 1. The van der Waals surface area contributed by atoms with E-state index in [1.165, 1.54) is 0 Å². The Balaban J connectivity index is 1.41. The standard InChI is InChI=1S/C24H34ClN5O3/c1-16-10-21(11-17(2)22(16)23(32)27-15-20(31)12-26)33-9-3-4-18-5-7-30(8-6-18)24-28-13-19(25)14-29-24/h10-11,13-14,18,20,31H,3-9,12,15,26H2,1-2H3,(H,27,32). The van der Waals surface area contributed by atoms with E-state index in [9.17, 15) is 9.90 Å². The normalized spacial score (nSPS) is 15.4. The van der Waals surface area contributed by atoms with E-state index >= 15 is 0 Å². The minimum atomic E-state index is -0.741. The van der Waals surface area contributed by atoms with Gasteiger partial charge in [0.05, 0.1) is 30.1 Å². The van der Waals surface area contributed by atoms with Crippen molar-refractivity contribution in [1.82, 2.24) is 15.3 Å². The van der Waals surface area contributed by atoms with Crippen LogP contribution in [0.1, 0.15) is 47.2 Å². The number of aliphatic hydroxyl groups is 1. The summed E-state index contributed by atoms with van der Waals surface area (Å²) >= 11 is 5.87. The summed E-state index contributed by atoms with van der Waals surface area (Å²) in [6.45, 7) is 6.60. The second-order valence-electron chi connectivity index (χ2n) is 8.65. The molecule has 0 radical (unpaired) electrons. The van der Waals surface area contributed by atoms with Gasteiger partial charge in [-0.15, -0.1) is 0 Å². The number of hydrogen-bond acceptors (Lipinski definition) is 7. The van der Waals surface area contributed by atoms with Crippen LogP contribution in [0.15, 0.2) is 24.5 Å². The zero-order valence-corrected chi connectivity index (χ0v) is 20.1. The molecule has 0 spiro atoms. The van der Waals surface area contributed by atoms with E-state index in [0.717, 1.165) is 61.6 Å². The van der Waals surface area contributed by atoms with Crippen LogP contribution >= 0.6 is 11.6 Å². The van der Waals surface area contributed by atoms with Gasteiger partial charge >= 0.3 is 0 Å². The van der Waals surface area contributed by atoms with Gasteiger partial charge in [0, 0.05) is 31.7 Å². The first-order valence-electron chi connectivity index (χ1n) is 11.5. The van der Waals surface area contributed by atoms with E-state index in [-0.39, 0.29) is 19.0 Å². The topological polar surface area (TPSA) is 114 Å². The Hall–Kier alpha value is -2.42. The smallest absolute Gasteiger partial charge is 0.251 e. The Bertz CT molecular complexity index is 894. The lowest BCUT2D eigenvalue weighted by molar-refractivity contribution is 0.0919. The van der Waals surface area contributed by atoms with Crippen molar-refractivity contribution in [3.05, 3.63) is 46.2 Å². The number of rotatable bonds is 10. The molecule has 1 aromatic heterocycles. The van der Waals surface area contributed by atoms with Gasteiger partial charge in [0.15, 0.2) is 0 Å². The molecule has 0 bridgehead atoms. The molecule has 1 amide bonds. The van der Waals surface area contributed by atoms with E-state index in [1.54, 1.807) is 12.4 Å². The fraction of sp³-hybridized carbons (Fsp3) is 0.542. The summed E-state index contributed by atoms with van der Waals surface area (Å²) in [5.41, 5.74) is 7.70. The highest BCUT2D eigenvalue weighted by Gasteiger charge is 2.21. The number of aryl methyl sites for hydroxylation is 2. The number of nitrogens with one attached hydrogen (secondary N) is 1. The predicted molar refractivity (Wildman–Crippen MR) is 130 cm³/mol. The maximum Gasteiger partial charge on any atom is 0.251 e. The van der Waals surface area contributed by atoms with E-state index in [0.29, 0.717) is 23.1 Å². The molecule has 1 saturated heterocycles. The van der Waals surface area contributed by atoms with Gasteiger partial charge < -0.3 is 25.8 Å². The molecule has 1 atom stereocenters. The van der Waals surface area contributed by atoms with Gasteiger partial charge in [-0.25, -0.2) is 9.97 Å². The minimum absolute atomic E-state index is 0.112. The Morgan fingerprint density at radius 3 is 2.52 bits per heavy atom. The van der Waals surface area contributed by atoms with Crippen molar-refractivity contribution in [2.24, 2.45) is 11.7 Å².